The van der Waals surface area contributed by atoms with Gasteiger partial charge in [0.25, 0.3) is 11.6 Å². The normalized spacial score (nSPS) is 11.3. The van der Waals surface area contributed by atoms with Gasteiger partial charge in [0, 0.05) is 36.7 Å². The molecule has 0 aliphatic heterocycles. The minimum absolute atomic E-state index is 0.0553. The van der Waals surface area contributed by atoms with Crippen molar-refractivity contribution in [2.24, 2.45) is 0 Å². The van der Waals surface area contributed by atoms with Gasteiger partial charge in [0.15, 0.2) is 0 Å². The Kier molecular flexibility index (Phi) is 7.76. The molecule has 0 saturated carbocycles. The lowest BCUT2D eigenvalue weighted by atomic mass is 10.1. The summed E-state index contributed by atoms with van der Waals surface area (Å²) in [7, 11) is 0. The van der Waals surface area contributed by atoms with E-state index < -0.39 is 28.3 Å². The quantitative estimate of drug-likeness (QED) is 0.189. The van der Waals surface area contributed by atoms with E-state index in [2.05, 4.69) is 20.8 Å². The molecular weight excluding hydrogens is 475 g/mol. The summed E-state index contributed by atoms with van der Waals surface area (Å²) in [5, 5.41) is 20.9. The summed E-state index contributed by atoms with van der Waals surface area (Å²) in [5.41, 5.74) is 0.131. The molecule has 3 rings (SSSR count). The van der Waals surface area contributed by atoms with Gasteiger partial charge in [-0.05, 0) is 38.1 Å². The molecule has 0 aliphatic carbocycles. The van der Waals surface area contributed by atoms with Crippen molar-refractivity contribution < 1.29 is 27.4 Å². The Balaban J connectivity index is 1.59. The third-order valence-electron chi connectivity index (χ3n) is 4.80. The molecule has 0 spiro atoms. The third-order valence-corrected chi connectivity index (χ3v) is 5.83. The van der Waals surface area contributed by atoms with E-state index in [-0.39, 0.29) is 18.8 Å². The van der Waals surface area contributed by atoms with Crippen LogP contribution in [0.25, 0.3) is 0 Å². The van der Waals surface area contributed by atoms with Crippen LogP contribution in [-0.2, 0) is 11.9 Å². The van der Waals surface area contributed by atoms with E-state index in [0.29, 0.717) is 28.2 Å². The molecule has 180 valence electrons. The number of amides is 1. The van der Waals surface area contributed by atoms with E-state index in [9.17, 15) is 28.1 Å². The molecule has 0 unspecified atom stereocenters. The number of aromatic nitrogens is 2. The number of carbonyl (C=O) groups is 1. The van der Waals surface area contributed by atoms with Crippen LogP contribution >= 0.6 is 11.8 Å². The first kappa shape index (κ1) is 25.0. The Morgan fingerprint density at radius 3 is 2.65 bits per heavy atom. The molecule has 3 aromatic rings. The lowest BCUT2D eigenvalue weighted by Crippen LogP contribution is -2.29. The number of alkyl halides is 3. The van der Waals surface area contributed by atoms with Gasteiger partial charge in [0.05, 0.1) is 21.7 Å². The number of nitro groups is 1. The number of halogens is 3. The maximum Gasteiger partial charge on any atom is 0.416 e. The number of nitro benzene ring substituents is 1. The summed E-state index contributed by atoms with van der Waals surface area (Å²) >= 11 is 1.35. The van der Waals surface area contributed by atoms with Crippen molar-refractivity contribution in [2.45, 2.75) is 30.8 Å². The van der Waals surface area contributed by atoms with E-state index >= 15 is 0 Å². The van der Waals surface area contributed by atoms with Crippen molar-refractivity contribution in [3.05, 3.63) is 74.8 Å². The van der Waals surface area contributed by atoms with Gasteiger partial charge in [0.2, 0.25) is 0 Å². The molecule has 13 heteroatoms. The van der Waals surface area contributed by atoms with Gasteiger partial charge in [-0.1, -0.05) is 5.16 Å². The second kappa shape index (κ2) is 10.5. The van der Waals surface area contributed by atoms with E-state index in [0.717, 1.165) is 23.4 Å². The standard InChI is InChI=1S/C21H20F3N5O4S/c1-12-16(13(2)33-28-12)11-34-20-15(4-3-7-27-20)19(30)26-9-8-25-17-6-5-14(21(22,23)24)10-18(17)29(31)32/h3-7,10,25H,8-9,11H2,1-2H3,(H,26,30). The highest BCUT2D eigenvalue weighted by Gasteiger charge is 2.33. The van der Waals surface area contributed by atoms with Crippen molar-refractivity contribution in [2.75, 3.05) is 18.4 Å². The van der Waals surface area contributed by atoms with Crippen molar-refractivity contribution >= 4 is 29.0 Å². The van der Waals surface area contributed by atoms with Crippen LogP contribution in [0.3, 0.4) is 0 Å². The average molecular weight is 495 g/mol. The molecule has 2 N–H and O–H groups in total. The first-order valence-corrected chi connectivity index (χ1v) is 10.9. The monoisotopic (exact) mass is 495 g/mol. The number of aryl methyl sites for hydroxylation is 2. The summed E-state index contributed by atoms with van der Waals surface area (Å²) < 4.78 is 43.6. The van der Waals surface area contributed by atoms with Gasteiger partial charge in [-0.25, -0.2) is 4.98 Å². The zero-order valence-corrected chi connectivity index (χ0v) is 18.9. The molecule has 0 saturated heterocycles. The summed E-state index contributed by atoms with van der Waals surface area (Å²) in [6.45, 7) is 3.75. The Labute approximate surface area is 196 Å². The smallest absolute Gasteiger partial charge is 0.378 e. The van der Waals surface area contributed by atoms with Gasteiger partial charge in [-0.3, -0.25) is 14.9 Å². The Morgan fingerprint density at radius 1 is 1.24 bits per heavy atom. The second-order valence-electron chi connectivity index (χ2n) is 7.12. The SMILES string of the molecule is Cc1noc(C)c1CSc1ncccc1C(=O)NCCNc1ccc(C(F)(F)F)cc1[N+](=O)[O-]. The number of nitrogens with zero attached hydrogens (tertiary/aromatic N) is 3. The second-order valence-corrected chi connectivity index (χ2v) is 8.08. The zero-order valence-electron chi connectivity index (χ0n) is 18.1. The maximum absolute atomic E-state index is 12.8. The molecule has 2 heterocycles. The number of hydrogen-bond donors (Lipinski definition) is 2. The number of benzene rings is 1. The van der Waals surface area contributed by atoms with Crippen molar-refractivity contribution in [1.29, 1.82) is 0 Å². The zero-order chi connectivity index (χ0) is 24.9. The fraction of sp³-hybridized carbons (Fsp3) is 0.286. The van der Waals surface area contributed by atoms with Crippen LogP contribution < -0.4 is 10.6 Å². The van der Waals surface area contributed by atoms with Gasteiger partial charge < -0.3 is 15.2 Å². The first-order chi connectivity index (χ1) is 16.1. The number of anilines is 1. The fourth-order valence-electron chi connectivity index (χ4n) is 3.00. The molecule has 1 amide bonds. The third kappa shape index (κ3) is 6.04. The predicted octanol–water partition coefficient (Wildman–Crippen LogP) is 4.75. The minimum Gasteiger partial charge on any atom is -0.378 e. The Morgan fingerprint density at radius 2 is 2.00 bits per heavy atom. The fourth-order valence-corrected chi connectivity index (χ4v) is 4.15. The minimum atomic E-state index is -4.69. The van der Waals surface area contributed by atoms with Crippen LogP contribution in [0.4, 0.5) is 24.5 Å². The van der Waals surface area contributed by atoms with Crippen molar-refractivity contribution in [3.63, 3.8) is 0 Å². The number of carbonyl (C=O) groups excluding carboxylic acids is 1. The number of pyridine rings is 1. The molecule has 34 heavy (non-hydrogen) atoms. The molecule has 0 radical (unpaired) electrons. The summed E-state index contributed by atoms with van der Waals surface area (Å²) in [6, 6.07) is 5.46. The lowest BCUT2D eigenvalue weighted by molar-refractivity contribution is -0.384. The Hall–Kier alpha value is -3.61. The lowest BCUT2D eigenvalue weighted by Gasteiger charge is -2.12. The number of hydrogen-bond acceptors (Lipinski definition) is 8. The number of rotatable bonds is 9. The molecule has 0 fully saturated rings. The van der Waals surface area contributed by atoms with Crippen LogP contribution in [0.1, 0.15) is 32.9 Å². The Bertz CT molecular complexity index is 1180. The van der Waals surface area contributed by atoms with Gasteiger partial charge in [-0.15, -0.1) is 11.8 Å². The molecule has 1 aromatic carbocycles. The van der Waals surface area contributed by atoms with E-state index in [4.69, 9.17) is 4.52 Å². The van der Waals surface area contributed by atoms with Crippen LogP contribution in [0.5, 0.6) is 0 Å². The average Bonchev–Trinajstić information content (AvgIpc) is 3.11. The van der Waals surface area contributed by atoms with E-state index in [1.165, 1.54) is 11.8 Å². The maximum atomic E-state index is 12.8. The van der Waals surface area contributed by atoms with Crippen LogP contribution in [-0.4, -0.2) is 34.1 Å². The van der Waals surface area contributed by atoms with Crippen LogP contribution in [0.2, 0.25) is 0 Å². The van der Waals surface area contributed by atoms with Gasteiger partial charge in [-0.2, -0.15) is 13.2 Å². The molecule has 0 bridgehead atoms. The highest BCUT2D eigenvalue weighted by Crippen LogP contribution is 2.35. The van der Waals surface area contributed by atoms with Crippen LogP contribution in [0.15, 0.2) is 46.1 Å². The highest BCUT2D eigenvalue weighted by atomic mass is 32.2. The summed E-state index contributed by atoms with van der Waals surface area (Å²) in [6.07, 6.45) is -3.13. The van der Waals surface area contributed by atoms with Crippen molar-refractivity contribution in [3.8, 4) is 0 Å². The van der Waals surface area contributed by atoms with Crippen LogP contribution in [0, 0.1) is 24.0 Å². The molecular formula is C21H20F3N5O4S. The van der Waals surface area contributed by atoms with Gasteiger partial charge >= 0.3 is 6.18 Å². The largest absolute Gasteiger partial charge is 0.416 e. The predicted molar refractivity (Wildman–Crippen MR) is 119 cm³/mol. The van der Waals surface area contributed by atoms with E-state index in [1.54, 1.807) is 25.3 Å². The molecule has 9 nitrogen and oxygen atoms in total. The molecule has 2 aromatic heterocycles. The summed E-state index contributed by atoms with van der Waals surface area (Å²) in [5.74, 6) is 0.797. The number of nitrogens with one attached hydrogen (secondary N) is 2. The van der Waals surface area contributed by atoms with Crippen molar-refractivity contribution in [1.82, 2.24) is 15.5 Å². The molecule has 0 aliphatic rings. The number of thioether (sulfide) groups is 1. The molecule has 0 atom stereocenters. The highest BCUT2D eigenvalue weighted by molar-refractivity contribution is 7.98. The topological polar surface area (TPSA) is 123 Å². The van der Waals surface area contributed by atoms with Gasteiger partial charge in [0.1, 0.15) is 16.5 Å². The first-order valence-electron chi connectivity index (χ1n) is 9.95. The van der Waals surface area contributed by atoms with E-state index in [1.807, 2.05) is 6.92 Å². The summed E-state index contributed by atoms with van der Waals surface area (Å²) in [4.78, 5) is 27.2.